The monoisotopic (exact) mass is 557 g/mol. The lowest BCUT2D eigenvalue weighted by Crippen LogP contribution is -2.31. The van der Waals surface area contributed by atoms with Crippen LogP contribution < -0.4 is 10.2 Å². The molecule has 2 aliphatic rings. The van der Waals surface area contributed by atoms with E-state index in [-0.39, 0.29) is 23.6 Å². The number of halogens is 1. The Kier molecular flexibility index (Phi) is 8.75. The van der Waals surface area contributed by atoms with E-state index in [1.807, 2.05) is 59.5 Å². The van der Waals surface area contributed by atoms with Gasteiger partial charge in [0.05, 0.1) is 11.7 Å². The molecule has 2 fully saturated rings. The van der Waals surface area contributed by atoms with Gasteiger partial charge in [0.25, 0.3) is 0 Å². The van der Waals surface area contributed by atoms with Crippen molar-refractivity contribution >= 4 is 34.9 Å². The van der Waals surface area contributed by atoms with E-state index >= 15 is 0 Å². The van der Waals surface area contributed by atoms with E-state index in [4.69, 9.17) is 11.6 Å². The fraction of sp³-hybridized carbons (Fsp3) is 0.333. The van der Waals surface area contributed by atoms with Crippen LogP contribution in [0.4, 0.5) is 16.2 Å². The maximum absolute atomic E-state index is 13.6. The minimum absolute atomic E-state index is 0.00949. The Morgan fingerprint density at radius 3 is 2.48 bits per heavy atom. The summed E-state index contributed by atoms with van der Waals surface area (Å²) in [5, 5.41) is 13.2. The number of aliphatic hydroxyl groups excluding tert-OH is 1. The molecular weight excluding hydrogens is 522 g/mol. The lowest BCUT2D eigenvalue weighted by molar-refractivity contribution is -0.118. The van der Waals surface area contributed by atoms with Crippen LogP contribution in [0.1, 0.15) is 54.7 Å². The second-order valence-corrected chi connectivity index (χ2v) is 11.3. The number of allylic oxidation sites excluding steroid dienone is 1. The third kappa shape index (κ3) is 6.68. The summed E-state index contributed by atoms with van der Waals surface area (Å²) >= 11 is 6.13. The van der Waals surface area contributed by atoms with Gasteiger partial charge in [-0.05, 0) is 72.2 Å². The Balaban J connectivity index is 1.27. The topological polar surface area (TPSA) is 72.9 Å². The molecule has 7 heteroatoms. The van der Waals surface area contributed by atoms with Crippen molar-refractivity contribution in [1.82, 2.24) is 4.90 Å². The van der Waals surface area contributed by atoms with Gasteiger partial charge in [-0.15, -0.1) is 0 Å². The van der Waals surface area contributed by atoms with Crippen molar-refractivity contribution in [1.29, 1.82) is 0 Å². The Morgan fingerprint density at radius 1 is 1.00 bits per heavy atom. The number of benzene rings is 3. The van der Waals surface area contributed by atoms with E-state index in [1.54, 1.807) is 11.0 Å². The minimum atomic E-state index is -0.232. The number of anilines is 2. The van der Waals surface area contributed by atoms with E-state index in [0.29, 0.717) is 43.4 Å². The van der Waals surface area contributed by atoms with Crippen molar-refractivity contribution in [2.24, 2.45) is 5.92 Å². The van der Waals surface area contributed by atoms with Crippen molar-refractivity contribution in [2.75, 3.05) is 23.3 Å². The van der Waals surface area contributed by atoms with E-state index in [1.165, 1.54) is 0 Å². The number of aliphatic hydroxyl groups is 1. The fourth-order valence-corrected chi connectivity index (χ4v) is 6.09. The highest BCUT2D eigenvalue weighted by Gasteiger charge is 2.33. The molecular formula is C33H36ClN3O3. The second-order valence-electron chi connectivity index (χ2n) is 10.9. The number of amides is 3. The van der Waals surface area contributed by atoms with Gasteiger partial charge in [-0.25, -0.2) is 4.79 Å². The van der Waals surface area contributed by atoms with Crippen LogP contribution in [0.5, 0.6) is 0 Å². The summed E-state index contributed by atoms with van der Waals surface area (Å²) in [6, 6.07) is 23.3. The van der Waals surface area contributed by atoms with Crippen LogP contribution in [0.3, 0.4) is 0 Å². The zero-order valence-electron chi connectivity index (χ0n) is 22.7. The number of carbonyl (C=O) groups is 2. The van der Waals surface area contributed by atoms with Crippen LogP contribution in [0, 0.1) is 5.92 Å². The summed E-state index contributed by atoms with van der Waals surface area (Å²) in [7, 11) is 0. The van der Waals surface area contributed by atoms with E-state index in [9.17, 15) is 14.7 Å². The quantitative estimate of drug-likeness (QED) is 0.251. The highest BCUT2D eigenvalue weighted by atomic mass is 35.5. The summed E-state index contributed by atoms with van der Waals surface area (Å²) in [6.07, 6.45) is 5.54. The summed E-state index contributed by atoms with van der Waals surface area (Å²) < 4.78 is 0. The van der Waals surface area contributed by atoms with Gasteiger partial charge in [-0.2, -0.15) is 0 Å². The molecule has 3 amide bonds. The molecule has 40 heavy (non-hydrogen) atoms. The van der Waals surface area contributed by atoms with Crippen molar-refractivity contribution in [2.45, 2.75) is 51.0 Å². The summed E-state index contributed by atoms with van der Waals surface area (Å²) in [5.41, 5.74) is 4.66. The molecule has 1 saturated carbocycles. The number of hydrogen-bond donors (Lipinski definition) is 2. The standard InChI is InChI=1S/C33H36ClN3O3/c1-23(38)12-13-24-6-4-10-29(20-24)35-32(39)31(26-7-2-3-8-26)27-16-14-25(15-17-27)22-36-18-19-37(33(36)40)30-11-5-9-28(34)21-30/h4-6,9-11,14-17,20-21,26,31,38H,1-3,7-8,12-13,18-19,22H2,(H,35,39). The van der Waals surface area contributed by atoms with Gasteiger partial charge in [-0.3, -0.25) is 9.69 Å². The minimum Gasteiger partial charge on any atom is -0.513 e. The van der Waals surface area contributed by atoms with Gasteiger partial charge >= 0.3 is 6.03 Å². The molecule has 1 heterocycles. The molecule has 0 aromatic heterocycles. The average molecular weight is 558 g/mol. The van der Waals surface area contributed by atoms with Crippen LogP contribution >= 0.6 is 11.6 Å². The van der Waals surface area contributed by atoms with Crippen molar-refractivity contribution in [3.63, 3.8) is 0 Å². The summed E-state index contributed by atoms with van der Waals surface area (Å²) in [5.74, 6) is 0.240. The molecule has 1 saturated heterocycles. The lowest BCUT2D eigenvalue weighted by atomic mass is 9.83. The van der Waals surface area contributed by atoms with Crippen LogP contribution in [0.15, 0.2) is 85.1 Å². The van der Waals surface area contributed by atoms with Crippen LogP contribution in [-0.2, 0) is 17.8 Å². The van der Waals surface area contributed by atoms with Gasteiger partial charge in [0, 0.05) is 42.5 Å². The Hall–Kier alpha value is -3.77. The fourth-order valence-electron chi connectivity index (χ4n) is 5.91. The highest BCUT2D eigenvalue weighted by Crippen LogP contribution is 2.38. The van der Waals surface area contributed by atoms with E-state index < -0.39 is 0 Å². The number of nitrogens with one attached hydrogen (secondary N) is 1. The lowest BCUT2D eigenvalue weighted by Gasteiger charge is -2.24. The first-order chi connectivity index (χ1) is 19.4. The molecule has 2 N–H and O–H groups in total. The summed E-state index contributed by atoms with van der Waals surface area (Å²) in [6.45, 7) is 5.34. The normalized spacial score (nSPS) is 16.4. The van der Waals surface area contributed by atoms with Crippen LogP contribution in [0.2, 0.25) is 5.02 Å². The van der Waals surface area contributed by atoms with E-state index in [2.05, 4.69) is 24.0 Å². The van der Waals surface area contributed by atoms with Gasteiger partial charge in [-0.1, -0.05) is 73.5 Å². The molecule has 0 bridgehead atoms. The third-order valence-corrected chi connectivity index (χ3v) is 8.21. The predicted molar refractivity (Wildman–Crippen MR) is 161 cm³/mol. The number of rotatable bonds is 10. The summed E-state index contributed by atoms with van der Waals surface area (Å²) in [4.78, 5) is 30.3. The number of carbonyl (C=O) groups excluding carboxylic acids is 2. The maximum Gasteiger partial charge on any atom is 0.324 e. The molecule has 3 aromatic carbocycles. The molecule has 1 atom stereocenters. The first kappa shape index (κ1) is 27.8. The van der Waals surface area contributed by atoms with E-state index in [0.717, 1.165) is 53.7 Å². The molecule has 0 spiro atoms. The Bertz CT molecular complexity index is 1370. The SMILES string of the molecule is C=C(O)CCc1cccc(NC(=O)C(c2ccc(CN3CCN(c4cccc(Cl)c4)C3=O)cc2)C2CCCC2)c1. The first-order valence-electron chi connectivity index (χ1n) is 14.0. The highest BCUT2D eigenvalue weighted by molar-refractivity contribution is 6.30. The number of urea groups is 1. The van der Waals surface area contributed by atoms with Crippen molar-refractivity contribution < 1.29 is 14.7 Å². The molecule has 0 radical (unpaired) electrons. The second kappa shape index (κ2) is 12.6. The molecule has 1 unspecified atom stereocenters. The Morgan fingerprint density at radius 2 is 1.75 bits per heavy atom. The van der Waals surface area contributed by atoms with Crippen molar-refractivity contribution in [3.05, 3.63) is 107 Å². The number of aryl methyl sites for hydroxylation is 1. The Labute approximate surface area is 241 Å². The molecule has 208 valence electrons. The van der Waals surface area contributed by atoms with Gasteiger partial charge in [0.2, 0.25) is 5.91 Å². The smallest absolute Gasteiger partial charge is 0.324 e. The van der Waals surface area contributed by atoms with Gasteiger partial charge in [0.1, 0.15) is 0 Å². The predicted octanol–water partition coefficient (Wildman–Crippen LogP) is 7.70. The largest absolute Gasteiger partial charge is 0.513 e. The van der Waals surface area contributed by atoms with Gasteiger partial charge in [0.15, 0.2) is 0 Å². The van der Waals surface area contributed by atoms with Crippen LogP contribution in [-0.4, -0.2) is 35.0 Å². The average Bonchev–Trinajstić information content (AvgIpc) is 3.59. The number of nitrogens with zero attached hydrogens (tertiary/aromatic N) is 2. The van der Waals surface area contributed by atoms with Crippen molar-refractivity contribution in [3.8, 4) is 0 Å². The first-order valence-corrected chi connectivity index (χ1v) is 14.4. The zero-order valence-corrected chi connectivity index (χ0v) is 23.4. The zero-order chi connectivity index (χ0) is 28.1. The molecule has 5 rings (SSSR count). The maximum atomic E-state index is 13.6. The molecule has 1 aliphatic carbocycles. The molecule has 6 nitrogen and oxygen atoms in total. The van der Waals surface area contributed by atoms with Crippen LogP contribution in [0.25, 0.3) is 0 Å². The molecule has 1 aliphatic heterocycles. The number of hydrogen-bond acceptors (Lipinski definition) is 3. The van der Waals surface area contributed by atoms with Gasteiger partial charge < -0.3 is 15.3 Å². The molecule has 3 aromatic rings. The third-order valence-electron chi connectivity index (χ3n) is 7.98.